The van der Waals surface area contributed by atoms with Crippen LogP contribution in [0, 0.1) is 0 Å². The van der Waals surface area contributed by atoms with E-state index >= 15 is 0 Å². The second-order valence-corrected chi connectivity index (χ2v) is 4.30. The van der Waals surface area contributed by atoms with Gasteiger partial charge in [0.05, 0.1) is 6.10 Å². The summed E-state index contributed by atoms with van der Waals surface area (Å²) in [4.78, 5) is 2.46. The minimum absolute atomic E-state index is 0.398. The first-order chi connectivity index (χ1) is 6.34. The van der Waals surface area contributed by atoms with E-state index < -0.39 is 0 Å². The van der Waals surface area contributed by atoms with Crippen molar-refractivity contribution in [2.45, 2.75) is 37.8 Å². The van der Waals surface area contributed by atoms with Crippen LogP contribution >= 0.6 is 0 Å². The van der Waals surface area contributed by atoms with Crippen molar-refractivity contribution in [2.75, 3.05) is 26.2 Å². The van der Waals surface area contributed by atoms with Crippen molar-refractivity contribution in [3.63, 3.8) is 0 Å². The lowest BCUT2D eigenvalue weighted by atomic mass is 10.1. The molecule has 1 unspecified atom stereocenters. The molecule has 2 aliphatic heterocycles. The highest BCUT2D eigenvalue weighted by molar-refractivity contribution is 4.78. The van der Waals surface area contributed by atoms with Crippen LogP contribution in [0.1, 0.15) is 25.7 Å². The number of hydrogen-bond donors (Lipinski definition) is 1. The van der Waals surface area contributed by atoms with Crippen LogP contribution in [-0.4, -0.2) is 43.3 Å². The molecule has 2 saturated heterocycles. The summed E-state index contributed by atoms with van der Waals surface area (Å²) in [5, 5.41) is 0. The molecule has 2 rings (SSSR count). The summed E-state index contributed by atoms with van der Waals surface area (Å²) in [7, 11) is 0. The zero-order valence-electron chi connectivity index (χ0n) is 8.24. The number of likely N-dealkylation sites (tertiary alicyclic amines) is 1. The van der Waals surface area contributed by atoms with E-state index in [-0.39, 0.29) is 0 Å². The summed E-state index contributed by atoms with van der Waals surface area (Å²) in [6.45, 7) is 4.35. The Labute approximate surface area is 80.2 Å². The Balaban J connectivity index is 1.73. The van der Waals surface area contributed by atoms with Gasteiger partial charge in [-0.15, -0.1) is 0 Å². The molecule has 0 aromatic rings. The molecular formula is C10H20N2O. The minimum Gasteiger partial charge on any atom is -0.377 e. The molecule has 3 heteroatoms. The second-order valence-electron chi connectivity index (χ2n) is 4.30. The minimum atomic E-state index is 0.398. The van der Waals surface area contributed by atoms with Gasteiger partial charge in [-0.05, 0) is 32.2 Å². The fourth-order valence-electron chi connectivity index (χ4n) is 2.33. The fraction of sp³-hybridized carbons (Fsp3) is 1.00. The van der Waals surface area contributed by atoms with Crippen molar-refractivity contribution in [1.29, 1.82) is 0 Å². The molecular weight excluding hydrogens is 164 g/mol. The van der Waals surface area contributed by atoms with E-state index in [1.54, 1.807) is 0 Å². The van der Waals surface area contributed by atoms with E-state index in [1.165, 1.54) is 32.2 Å². The van der Waals surface area contributed by atoms with Crippen molar-refractivity contribution in [3.05, 3.63) is 0 Å². The number of nitrogens with two attached hydrogens (primary N) is 1. The van der Waals surface area contributed by atoms with Crippen molar-refractivity contribution in [2.24, 2.45) is 5.73 Å². The number of ether oxygens (including phenoxy) is 1. The molecule has 13 heavy (non-hydrogen) atoms. The van der Waals surface area contributed by atoms with Crippen LogP contribution in [0.4, 0.5) is 0 Å². The predicted molar refractivity (Wildman–Crippen MR) is 52.6 cm³/mol. The zero-order chi connectivity index (χ0) is 9.10. The smallest absolute Gasteiger partial charge is 0.0702 e. The van der Waals surface area contributed by atoms with Gasteiger partial charge in [0.1, 0.15) is 0 Å². The lowest BCUT2D eigenvalue weighted by Gasteiger charge is -2.32. The summed E-state index contributed by atoms with van der Waals surface area (Å²) in [5.41, 5.74) is 5.92. The van der Waals surface area contributed by atoms with Crippen molar-refractivity contribution in [3.8, 4) is 0 Å². The quantitative estimate of drug-likeness (QED) is 0.682. The predicted octanol–water partition coefficient (Wildman–Crippen LogP) is 0.588. The van der Waals surface area contributed by atoms with E-state index in [2.05, 4.69) is 4.90 Å². The third-order valence-electron chi connectivity index (χ3n) is 3.03. The van der Waals surface area contributed by atoms with Crippen LogP contribution in [0.5, 0.6) is 0 Å². The average Bonchev–Trinajstić information content (AvgIpc) is 2.57. The van der Waals surface area contributed by atoms with Crippen LogP contribution < -0.4 is 5.73 Å². The molecule has 2 heterocycles. The Kier molecular flexibility index (Phi) is 3.19. The molecule has 76 valence electrons. The van der Waals surface area contributed by atoms with Crippen LogP contribution in [0.15, 0.2) is 0 Å². The molecule has 0 aromatic heterocycles. The Morgan fingerprint density at radius 1 is 1.31 bits per heavy atom. The van der Waals surface area contributed by atoms with Gasteiger partial charge in [0.25, 0.3) is 0 Å². The summed E-state index contributed by atoms with van der Waals surface area (Å²) >= 11 is 0. The third kappa shape index (κ3) is 2.66. The van der Waals surface area contributed by atoms with E-state index in [1.807, 2.05) is 0 Å². The molecule has 0 aromatic carbocycles. The van der Waals surface area contributed by atoms with Gasteiger partial charge in [-0.2, -0.15) is 0 Å². The summed E-state index contributed by atoms with van der Waals surface area (Å²) < 4.78 is 5.61. The zero-order valence-corrected chi connectivity index (χ0v) is 8.24. The highest BCUT2D eigenvalue weighted by Crippen LogP contribution is 2.16. The number of nitrogens with zero attached hydrogens (tertiary/aromatic N) is 1. The van der Waals surface area contributed by atoms with Gasteiger partial charge in [0.15, 0.2) is 0 Å². The number of rotatable bonds is 2. The van der Waals surface area contributed by atoms with Crippen molar-refractivity contribution in [1.82, 2.24) is 4.90 Å². The fourth-order valence-corrected chi connectivity index (χ4v) is 2.33. The first-order valence-corrected chi connectivity index (χ1v) is 5.44. The van der Waals surface area contributed by atoms with Crippen LogP contribution in [0.3, 0.4) is 0 Å². The van der Waals surface area contributed by atoms with Gasteiger partial charge < -0.3 is 10.5 Å². The lowest BCUT2D eigenvalue weighted by Crippen LogP contribution is -2.45. The number of hydrogen-bond acceptors (Lipinski definition) is 3. The molecule has 2 atom stereocenters. The maximum absolute atomic E-state index is 5.92. The van der Waals surface area contributed by atoms with Gasteiger partial charge in [-0.1, -0.05) is 0 Å². The summed E-state index contributed by atoms with van der Waals surface area (Å²) in [6.07, 6.45) is 5.43. The Morgan fingerprint density at radius 3 is 2.92 bits per heavy atom. The van der Waals surface area contributed by atoms with Gasteiger partial charge in [-0.3, -0.25) is 4.90 Å². The van der Waals surface area contributed by atoms with Gasteiger partial charge in [-0.25, -0.2) is 0 Å². The van der Waals surface area contributed by atoms with Gasteiger partial charge in [0.2, 0.25) is 0 Å². The van der Waals surface area contributed by atoms with Crippen LogP contribution in [0.25, 0.3) is 0 Å². The molecule has 2 fully saturated rings. The average molecular weight is 184 g/mol. The maximum Gasteiger partial charge on any atom is 0.0702 e. The molecule has 0 saturated carbocycles. The molecule has 0 aliphatic carbocycles. The Morgan fingerprint density at radius 2 is 2.23 bits per heavy atom. The highest BCUT2D eigenvalue weighted by atomic mass is 16.5. The van der Waals surface area contributed by atoms with E-state index in [4.69, 9.17) is 10.5 Å². The molecule has 0 spiro atoms. The van der Waals surface area contributed by atoms with Gasteiger partial charge >= 0.3 is 0 Å². The molecule has 2 N–H and O–H groups in total. The second kappa shape index (κ2) is 4.40. The topological polar surface area (TPSA) is 38.5 Å². The monoisotopic (exact) mass is 184 g/mol. The highest BCUT2D eigenvalue weighted by Gasteiger charge is 2.22. The van der Waals surface area contributed by atoms with Crippen LogP contribution in [-0.2, 0) is 4.74 Å². The molecule has 2 aliphatic rings. The molecule has 0 bridgehead atoms. The van der Waals surface area contributed by atoms with E-state index in [0.29, 0.717) is 12.1 Å². The maximum atomic E-state index is 5.92. The van der Waals surface area contributed by atoms with E-state index in [0.717, 1.165) is 19.7 Å². The first kappa shape index (κ1) is 9.44. The molecule has 3 nitrogen and oxygen atoms in total. The van der Waals surface area contributed by atoms with Crippen molar-refractivity contribution >= 4 is 0 Å². The Hall–Kier alpha value is -0.120. The van der Waals surface area contributed by atoms with Gasteiger partial charge in [0, 0.05) is 25.7 Å². The lowest BCUT2D eigenvalue weighted by molar-refractivity contribution is 0.0637. The molecule has 0 amide bonds. The van der Waals surface area contributed by atoms with Crippen molar-refractivity contribution < 1.29 is 4.74 Å². The largest absolute Gasteiger partial charge is 0.377 e. The normalized spacial score (nSPS) is 36.7. The SMILES string of the molecule is N[C@@H]1CCCN(CC2CCCO2)C1. The third-order valence-corrected chi connectivity index (χ3v) is 3.03. The standard InChI is InChI=1S/C10H20N2O/c11-9-3-1-5-12(7-9)8-10-4-2-6-13-10/h9-10H,1-8,11H2/t9-,10?/m1/s1. The molecule has 0 radical (unpaired) electrons. The Bertz CT molecular complexity index is 157. The summed E-state index contributed by atoms with van der Waals surface area (Å²) in [5.74, 6) is 0. The van der Waals surface area contributed by atoms with Crippen LogP contribution in [0.2, 0.25) is 0 Å². The first-order valence-electron chi connectivity index (χ1n) is 5.44. The number of piperidine rings is 1. The van der Waals surface area contributed by atoms with E-state index in [9.17, 15) is 0 Å². The summed E-state index contributed by atoms with van der Waals surface area (Å²) in [6, 6.07) is 0.398.